The van der Waals surface area contributed by atoms with Crippen LogP contribution in [-0.4, -0.2) is 22.8 Å². The predicted molar refractivity (Wildman–Crippen MR) is 72.4 cm³/mol. The molecule has 0 radical (unpaired) electrons. The van der Waals surface area contributed by atoms with Gasteiger partial charge >= 0.3 is 0 Å². The molecule has 0 unspecified atom stereocenters. The second-order valence-corrected chi connectivity index (χ2v) is 4.90. The summed E-state index contributed by atoms with van der Waals surface area (Å²) in [6.45, 7) is 3.90. The van der Waals surface area contributed by atoms with E-state index in [0.717, 1.165) is 11.3 Å². The van der Waals surface area contributed by atoms with Crippen LogP contribution in [-0.2, 0) is 11.3 Å². The average Bonchev–Trinajstić information content (AvgIpc) is 2.76. The maximum Gasteiger partial charge on any atom is 0.263 e. The third kappa shape index (κ3) is 2.65. The van der Waals surface area contributed by atoms with Crippen LogP contribution >= 0.6 is 23.6 Å². The lowest BCUT2D eigenvalue weighted by molar-refractivity contribution is 0.141. The quantitative estimate of drug-likeness (QED) is 0.671. The Morgan fingerprint density at radius 3 is 3.18 bits per heavy atom. The van der Waals surface area contributed by atoms with Gasteiger partial charge < -0.3 is 9.72 Å². The standard InChI is InChI=1S/C11H14N2O2S2/c1-2-15-6-3-5-13-10(14)8-4-7-17-9(8)12-11(13)16/h4,7H,2-3,5-6H2,1H3,(H,12,16). The Kier molecular flexibility index (Phi) is 4.09. The number of hydrogen-bond acceptors (Lipinski definition) is 4. The van der Waals surface area contributed by atoms with Crippen LogP contribution in [0.2, 0.25) is 0 Å². The van der Waals surface area contributed by atoms with Crippen molar-refractivity contribution >= 4 is 33.8 Å². The van der Waals surface area contributed by atoms with Crippen molar-refractivity contribution < 1.29 is 4.74 Å². The van der Waals surface area contributed by atoms with Crippen molar-refractivity contribution in [2.45, 2.75) is 19.9 Å². The normalized spacial score (nSPS) is 11.1. The Bertz CT molecular complexity index is 612. The van der Waals surface area contributed by atoms with Crippen molar-refractivity contribution in [1.29, 1.82) is 0 Å². The van der Waals surface area contributed by atoms with Crippen LogP contribution in [0.4, 0.5) is 0 Å². The van der Waals surface area contributed by atoms with Crippen molar-refractivity contribution in [2.75, 3.05) is 13.2 Å². The fraction of sp³-hybridized carbons (Fsp3) is 0.455. The summed E-state index contributed by atoms with van der Waals surface area (Å²) in [6.07, 6.45) is 0.793. The molecule has 0 atom stereocenters. The summed E-state index contributed by atoms with van der Waals surface area (Å²) >= 11 is 6.68. The summed E-state index contributed by atoms with van der Waals surface area (Å²) in [5.74, 6) is 0. The molecule has 2 aromatic rings. The van der Waals surface area contributed by atoms with Crippen LogP contribution in [0.3, 0.4) is 0 Å². The molecule has 0 saturated carbocycles. The predicted octanol–water partition coefficient (Wildman–Crippen LogP) is 2.55. The molecule has 0 aliphatic rings. The van der Waals surface area contributed by atoms with Crippen molar-refractivity contribution in [3.8, 4) is 0 Å². The Morgan fingerprint density at radius 2 is 2.41 bits per heavy atom. The van der Waals surface area contributed by atoms with Crippen LogP contribution in [0.15, 0.2) is 16.2 Å². The van der Waals surface area contributed by atoms with Gasteiger partial charge in [0.05, 0.1) is 5.39 Å². The molecule has 0 saturated heterocycles. The van der Waals surface area contributed by atoms with Crippen LogP contribution in [0.1, 0.15) is 13.3 Å². The summed E-state index contributed by atoms with van der Waals surface area (Å²) in [5.41, 5.74) is -0.0125. The third-order valence-corrected chi connectivity index (χ3v) is 3.63. The fourth-order valence-electron chi connectivity index (χ4n) is 1.65. The number of ether oxygens (including phenoxy) is 1. The fourth-order valence-corrected chi connectivity index (χ4v) is 2.77. The molecule has 0 aliphatic heterocycles. The minimum atomic E-state index is -0.0125. The lowest BCUT2D eigenvalue weighted by Crippen LogP contribution is -2.22. The summed E-state index contributed by atoms with van der Waals surface area (Å²) in [7, 11) is 0. The molecule has 0 bridgehead atoms. The number of nitrogens with zero attached hydrogens (tertiary/aromatic N) is 1. The van der Waals surface area contributed by atoms with Crippen molar-refractivity contribution in [3.05, 3.63) is 26.6 Å². The van der Waals surface area contributed by atoms with E-state index in [1.165, 1.54) is 11.3 Å². The zero-order valence-electron chi connectivity index (χ0n) is 9.56. The molecule has 2 aromatic heterocycles. The first-order valence-corrected chi connectivity index (χ1v) is 6.81. The maximum atomic E-state index is 12.1. The van der Waals surface area contributed by atoms with Gasteiger partial charge in [-0.3, -0.25) is 9.36 Å². The first-order valence-electron chi connectivity index (χ1n) is 5.52. The topological polar surface area (TPSA) is 47.0 Å². The van der Waals surface area contributed by atoms with Gasteiger partial charge in [-0.2, -0.15) is 0 Å². The second kappa shape index (κ2) is 5.57. The Morgan fingerprint density at radius 1 is 1.59 bits per heavy atom. The van der Waals surface area contributed by atoms with E-state index in [4.69, 9.17) is 17.0 Å². The van der Waals surface area contributed by atoms with E-state index < -0.39 is 0 Å². The highest BCUT2D eigenvalue weighted by molar-refractivity contribution is 7.71. The number of nitrogens with one attached hydrogen (secondary N) is 1. The second-order valence-electron chi connectivity index (χ2n) is 3.60. The van der Waals surface area contributed by atoms with Gasteiger partial charge in [-0.25, -0.2) is 0 Å². The number of fused-ring (bicyclic) bond motifs is 1. The van der Waals surface area contributed by atoms with Crippen molar-refractivity contribution in [1.82, 2.24) is 9.55 Å². The first-order chi connectivity index (χ1) is 8.24. The van der Waals surface area contributed by atoms with E-state index >= 15 is 0 Å². The lowest BCUT2D eigenvalue weighted by atomic mass is 10.4. The summed E-state index contributed by atoms with van der Waals surface area (Å²) in [6, 6.07) is 1.83. The first kappa shape index (κ1) is 12.5. The van der Waals surface area contributed by atoms with Gasteiger partial charge in [-0.1, -0.05) is 0 Å². The molecule has 0 amide bonds. The molecule has 92 valence electrons. The summed E-state index contributed by atoms with van der Waals surface area (Å²) in [5, 5.41) is 2.60. The minimum Gasteiger partial charge on any atom is -0.382 e. The molecule has 0 fully saturated rings. The number of aromatic nitrogens is 2. The molecular weight excluding hydrogens is 256 g/mol. The van der Waals surface area contributed by atoms with E-state index in [1.807, 2.05) is 18.4 Å². The van der Waals surface area contributed by atoms with Crippen molar-refractivity contribution in [2.24, 2.45) is 0 Å². The van der Waals surface area contributed by atoms with Gasteiger partial charge in [0, 0.05) is 19.8 Å². The van der Waals surface area contributed by atoms with Gasteiger partial charge in [-0.05, 0) is 37.0 Å². The molecule has 17 heavy (non-hydrogen) atoms. The zero-order valence-corrected chi connectivity index (χ0v) is 11.2. The Balaban J connectivity index is 2.27. The van der Waals surface area contributed by atoms with Gasteiger partial charge in [0.1, 0.15) is 4.83 Å². The monoisotopic (exact) mass is 270 g/mol. The average molecular weight is 270 g/mol. The third-order valence-electron chi connectivity index (χ3n) is 2.48. The lowest BCUT2D eigenvalue weighted by Gasteiger charge is -2.06. The Hall–Kier alpha value is -0.980. The molecule has 0 aromatic carbocycles. The van der Waals surface area contributed by atoms with Gasteiger partial charge in [0.25, 0.3) is 5.56 Å². The number of hydrogen-bond donors (Lipinski definition) is 1. The molecule has 0 spiro atoms. The van der Waals surface area contributed by atoms with Crippen LogP contribution in [0.25, 0.3) is 10.2 Å². The van der Waals surface area contributed by atoms with E-state index in [1.54, 1.807) is 4.57 Å². The van der Waals surface area contributed by atoms with E-state index in [2.05, 4.69) is 4.98 Å². The molecule has 2 rings (SSSR count). The van der Waals surface area contributed by atoms with Crippen LogP contribution < -0.4 is 5.56 Å². The number of thiophene rings is 1. The van der Waals surface area contributed by atoms with Crippen molar-refractivity contribution in [3.63, 3.8) is 0 Å². The summed E-state index contributed by atoms with van der Waals surface area (Å²) < 4.78 is 7.34. The highest BCUT2D eigenvalue weighted by atomic mass is 32.1. The van der Waals surface area contributed by atoms with Gasteiger partial charge in [0.2, 0.25) is 0 Å². The van der Waals surface area contributed by atoms with Crippen LogP contribution in [0.5, 0.6) is 0 Å². The highest BCUT2D eigenvalue weighted by Gasteiger charge is 2.05. The molecule has 4 nitrogen and oxygen atoms in total. The van der Waals surface area contributed by atoms with E-state index in [0.29, 0.717) is 29.9 Å². The van der Waals surface area contributed by atoms with E-state index in [9.17, 15) is 4.79 Å². The molecule has 1 N–H and O–H groups in total. The maximum absolute atomic E-state index is 12.1. The minimum absolute atomic E-state index is 0.0125. The molecule has 0 aliphatic carbocycles. The van der Waals surface area contributed by atoms with E-state index in [-0.39, 0.29) is 5.56 Å². The summed E-state index contributed by atoms with van der Waals surface area (Å²) in [4.78, 5) is 16.0. The van der Waals surface area contributed by atoms with Gasteiger partial charge in [-0.15, -0.1) is 11.3 Å². The SMILES string of the molecule is CCOCCCn1c(=S)[nH]c2sccc2c1=O. The zero-order chi connectivity index (χ0) is 12.3. The van der Waals surface area contributed by atoms with Gasteiger partial charge in [0.15, 0.2) is 4.77 Å². The largest absolute Gasteiger partial charge is 0.382 e. The smallest absolute Gasteiger partial charge is 0.263 e. The number of rotatable bonds is 5. The Labute approximate surface area is 108 Å². The van der Waals surface area contributed by atoms with Crippen LogP contribution in [0, 0.1) is 4.77 Å². The molecule has 6 heteroatoms. The number of aromatic amines is 1. The molecule has 2 heterocycles. The molecular formula is C11H14N2O2S2. The highest BCUT2D eigenvalue weighted by Crippen LogP contribution is 2.14. The number of H-pyrrole nitrogens is 1.